The number of aromatic nitrogens is 3. The van der Waals surface area contributed by atoms with E-state index in [4.69, 9.17) is 24.6 Å². The molecule has 0 spiro atoms. The molecule has 9 heteroatoms. The van der Waals surface area contributed by atoms with Gasteiger partial charge in [-0.15, -0.1) is 0 Å². The Morgan fingerprint density at radius 3 is 2.92 bits per heavy atom. The van der Waals surface area contributed by atoms with E-state index in [2.05, 4.69) is 15.4 Å². The molecule has 0 fully saturated rings. The summed E-state index contributed by atoms with van der Waals surface area (Å²) in [6.07, 6.45) is 4.96. The molecule has 2 radical (unpaired) electrons. The number of hydrogen-bond donors (Lipinski definition) is 2. The molecule has 25 heavy (non-hydrogen) atoms. The first-order chi connectivity index (χ1) is 12.1. The van der Waals surface area contributed by atoms with Crippen LogP contribution >= 0.6 is 23.5 Å². The molecule has 1 aromatic carbocycles. The fourth-order valence-corrected chi connectivity index (χ4v) is 2.94. The lowest BCUT2D eigenvalue weighted by Crippen LogP contribution is -2.15. The second-order valence-corrected chi connectivity index (χ2v) is 6.23. The van der Waals surface area contributed by atoms with Gasteiger partial charge in [0.1, 0.15) is 13.0 Å². The molecular weight excluding hydrogens is 357 g/mol. The first-order valence-electron chi connectivity index (χ1n) is 7.27. The maximum absolute atomic E-state index is 12.2. The van der Waals surface area contributed by atoms with Crippen molar-refractivity contribution in [1.29, 1.82) is 0 Å². The van der Waals surface area contributed by atoms with Gasteiger partial charge in [0.05, 0.1) is 17.0 Å². The predicted molar refractivity (Wildman–Crippen MR) is 101 cm³/mol. The Hall–Kier alpha value is -2.29. The predicted octanol–water partition coefficient (Wildman–Crippen LogP) is 1.86. The average Bonchev–Trinajstić information content (AvgIpc) is 3.03. The monoisotopic (exact) mass is 369 g/mol. The number of amides is 1. The lowest BCUT2D eigenvalue weighted by atomic mass is 10.0. The zero-order chi connectivity index (χ0) is 17.8. The number of pyridine rings is 1. The highest BCUT2D eigenvalue weighted by Gasteiger charge is 2.11. The first kappa shape index (κ1) is 17.5. The lowest BCUT2D eigenvalue weighted by Gasteiger charge is -2.11. The van der Waals surface area contributed by atoms with Gasteiger partial charge in [0.15, 0.2) is 0 Å². The van der Waals surface area contributed by atoms with Gasteiger partial charge in [0, 0.05) is 24.3 Å². The molecule has 1 amide bonds. The van der Waals surface area contributed by atoms with E-state index >= 15 is 0 Å². The zero-order valence-electron chi connectivity index (χ0n) is 13.0. The molecular formula is C16H13BClN5OS. The summed E-state index contributed by atoms with van der Waals surface area (Å²) in [4.78, 5) is 16.9. The molecule has 3 N–H and O–H groups in total. The van der Waals surface area contributed by atoms with Crippen LogP contribution in [0.15, 0.2) is 53.8 Å². The van der Waals surface area contributed by atoms with Crippen molar-refractivity contribution in [3.05, 3.63) is 59.6 Å². The van der Waals surface area contributed by atoms with E-state index in [0.29, 0.717) is 21.9 Å². The van der Waals surface area contributed by atoms with Crippen LogP contribution in [-0.2, 0) is 11.2 Å². The number of nitrogens with two attached hydrogens (primary N) is 1. The van der Waals surface area contributed by atoms with E-state index in [-0.39, 0.29) is 12.3 Å². The van der Waals surface area contributed by atoms with Crippen LogP contribution in [0.3, 0.4) is 0 Å². The highest BCUT2D eigenvalue weighted by molar-refractivity contribution is 7.97. The van der Waals surface area contributed by atoms with Crippen molar-refractivity contribution >= 4 is 48.5 Å². The molecule has 124 valence electrons. The fourth-order valence-electron chi connectivity index (χ4n) is 2.27. The summed E-state index contributed by atoms with van der Waals surface area (Å²) in [6.45, 7) is 0. The van der Waals surface area contributed by atoms with E-state index < -0.39 is 0 Å². The first-order valence-corrected chi connectivity index (χ1v) is 8.53. The molecule has 0 aliphatic rings. The zero-order valence-corrected chi connectivity index (χ0v) is 14.6. The Balaban J connectivity index is 1.77. The van der Waals surface area contributed by atoms with Gasteiger partial charge in [0.25, 0.3) is 0 Å². The highest BCUT2D eigenvalue weighted by atomic mass is 35.5. The van der Waals surface area contributed by atoms with Gasteiger partial charge in [-0.05, 0) is 41.8 Å². The number of rotatable bonds is 5. The third-order valence-corrected chi connectivity index (χ3v) is 4.33. The number of nitrogens with zero attached hydrogens (tertiary/aromatic N) is 3. The summed E-state index contributed by atoms with van der Waals surface area (Å²) in [5, 5.41) is 13.1. The Labute approximate surface area is 155 Å². The van der Waals surface area contributed by atoms with E-state index in [1.54, 1.807) is 47.5 Å². The van der Waals surface area contributed by atoms with Crippen molar-refractivity contribution < 1.29 is 4.79 Å². The van der Waals surface area contributed by atoms with E-state index in [1.807, 2.05) is 6.07 Å². The third kappa shape index (κ3) is 4.22. The van der Waals surface area contributed by atoms with Crippen molar-refractivity contribution in [3.8, 4) is 5.69 Å². The van der Waals surface area contributed by atoms with Crippen LogP contribution in [0.2, 0.25) is 5.15 Å². The van der Waals surface area contributed by atoms with Crippen LogP contribution in [0.4, 0.5) is 5.69 Å². The Morgan fingerprint density at radius 1 is 1.40 bits per heavy atom. The molecule has 0 unspecified atom stereocenters. The summed E-state index contributed by atoms with van der Waals surface area (Å²) in [5.74, 6) is -0.195. The fraction of sp³-hybridized carbons (Fsp3) is 0.0625. The smallest absolute Gasteiger partial charge is 0.228 e. The minimum absolute atomic E-state index is 0.134. The highest BCUT2D eigenvalue weighted by Crippen LogP contribution is 2.25. The summed E-state index contributed by atoms with van der Waals surface area (Å²) in [6, 6.07) is 8.87. The van der Waals surface area contributed by atoms with Crippen LogP contribution < -0.4 is 15.9 Å². The summed E-state index contributed by atoms with van der Waals surface area (Å²) in [7, 11) is 5.69. The molecule has 0 aliphatic carbocycles. The van der Waals surface area contributed by atoms with Crippen molar-refractivity contribution in [2.24, 2.45) is 5.14 Å². The number of anilines is 1. The summed E-state index contributed by atoms with van der Waals surface area (Å²) in [5.41, 5.74) is 2.62. The molecule has 0 saturated carbocycles. The van der Waals surface area contributed by atoms with Gasteiger partial charge >= 0.3 is 0 Å². The second kappa shape index (κ2) is 7.73. The van der Waals surface area contributed by atoms with Crippen molar-refractivity contribution in [3.63, 3.8) is 0 Å². The van der Waals surface area contributed by atoms with Gasteiger partial charge in [-0.2, -0.15) is 5.10 Å². The normalized spacial score (nSPS) is 10.6. The SMILES string of the molecule is [B]c1cnn(-c2ccc(NC(=O)Cc3cccnc3Cl)cc2SN)c1. The van der Waals surface area contributed by atoms with E-state index in [0.717, 1.165) is 22.5 Å². The van der Waals surface area contributed by atoms with Gasteiger partial charge in [-0.1, -0.05) is 23.1 Å². The molecule has 0 bridgehead atoms. The number of carbonyl (C=O) groups excluding carboxylic acids is 1. The second-order valence-electron chi connectivity index (χ2n) is 5.20. The molecule has 3 aromatic rings. The molecule has 2 heterocycles. The Kier molecular flexibility index (Phi) is 5.42. The maximum Gasteiger partial charge on any atom is 0.228 e. The number of halogens is 1. The van der Waals surface area contributed by atoms with Gasteiger partial charge in [0.2, 0.25) is 5.91 Å². The standard InChI is InChI=1S/C16H13BClN5OS/c17-11-8-21-23(9-11)13-4-3-12(7-14(13)25-19)22-15(24)6-10-2-1-5-20-16(10)18/h1-5,7-9H,6,19H2,(H,22,24). The van der Waals surface area contributed by atoms with Crippen LogP contribution in [0.25, 0.3) is 5.69 Å². The Bertz CT molecular complexity index is 917. The van der Waals surface area contributed by atoms with Crippen molar-refractivity contribution in [2.45, 2.75) is 11.3 Å². The summed E-state index contributed by atoms with van der Waals surface area (Å²) < 4.78 is 1.63. The molecule has 2 aromatic heterocycles. The molecule has 3 rings (SSSR count). The largest absolute Gasteiger partial charge is 0.326 e. The van der Waals surface area contributed by atoms with Crippen LogP contribution in [-0.4, -0.2) is 28.5 Å². The number of benzene rings is 1. The van der Waals surface area contributed by atoms with E-state index in [1.165, 1.54) is 0 Å². The van der Waals surface area contributed by atoms with Crippen molar-refractivity contribution in [1.82, 2.24) is 14.8 Å². The van der Waals surface area contributed by atoms with Crippen molar-refractivity contribution in [2.75, 3.05) is 5.32 Å². The molecule has 0 saturated heterocycles. The topological polar surface area (TPSA) is 85.8 Å². The van der Waals surface area contributed by atoms with Gasteiger partial charge < -0.3 is 5.32 Å². The molecule has 0 aliphatic heterocycles. The number of nitrogens with one attached hydrogen (secondary N) is 1. The summed E-state index contributed by atoms with van der Waals surface area (Å²) >= 11 is 7.04. The molecule has 0 atom stereocenters. The lowest BCUT2D eigenvalue weighted by molar-refractivity contribution is -0.115. The van der Waals surface area contributed by atoms with Crippen LogP contribution in [0.1, 0.15) is 5.56 Å². The number of carbonyl (C=O) groups is 1. The van der Waals surface area contributed by atoms with Crippen LogP contribution in [0.5, 0.6) is 0 Å². The van der Waals surface area contributed by atoms with E-state index in [9.17, 15) is 4.79 Å². The average molecular weight is 370 g/mol. The number of hydrogen-bond acceptors (Lipinski definition) is 5. The van der Waals surface area contributed by atoms with Crippen LogP contribution in [0, 0.1) is 0 Å². The Morgan fingerprint density at radius 2 is 2.24 bits per heavy atom. The quantitative estimate of drug-likeness (QED) is 0.407. The third-order valence-electron chi connectivity index (χ3n) is 3.41. The minimum atomic E-state index is -0.195. The molecule has 6 nitrogen and oxygen atoms in total. The minimum Gasteiger partial charge on any atom is -0.326 e. The van der Waals surface area contributed by atoms with Gasteiger partial charge in [-0.25, -0.2) is 9.67 Å². The van der Waals surface area contributed by atoms with Gasteiger partial charge in [-0.3, -0.25) is 9.93 Å². The maximum atomic E-state index is 12.2.